The zero-order valence-electron chi connectivity index (χ0n) is 12.9. The quantitative estimate of drug-likeness (QED) is 0.416. The summed E-state index contributed by atoms with van der Waals surface area (Å²) in [6.45, 7) is 4.24. The number of ether oxygens (including phenoxy) is 1. The molecule has 122 valence electrons. The van der Waals surface area contributed by atoms with E-state index in [4.69, 9.17) is 16.3 Å². The minimum Gasteiger partial charge on any atom is -0.493 e. The number of halogens is 1. The number of nitrogens with two attached hydrogens (primary N) is 2. The molecule has 0 saturated carbocycles. The fourth-order valence-corrected chi connectivity index (χ4v) is 2.52. The molecule has 0 radical (unpaired) electrons. The zero-order valence-corrected chi connectivity index (χ0v) is 14.5. The Morgan fingerprint density at radius 3 is 2.78 bits per heavy atom. The SMILES string of the molecule is CCCOc1ccc(Br)cc1-c1nc(N)nc(C)c1C(=O)NN. The highest BCUT2D eigenvalue weighted by molar-refractivity contribution is 9.10. The number of hydrogen-bond acceptors (Lipinski definition) is 6. The van der Waals surface area contributed by atoms with Crippen LogP contribution in [-0.2, 0) is 0 Å². The fourth-order valence-electron chi connectivity index (χ4n) is 2.16. The van der Waals surface area contributed by atoms with Gasteiger partial charge < -0.3 is 10.5 Å². The Hall–Kier alpha value is -2.19. The monoisotopic (exact) mass is 379 g/mol. The van der Waals surface area contributed by atoms with E-state index in [1.807, 2.05) is 25.1 Å². The van der Waals surface area contributed by atoms with Gasteiger partial charge in [0.05, 0.1) is 23.6 Å². The molecule has 5 N–H and O–H groups in total. The summed E-state index contributed by atoms with van der Waals surface area (Å²) in [4.78, 5) is 20.4. The lowest BCUT2D eigenvalue weighted by Crippen LogP contribution is -2.31. The summed E-state index contributed by atoms with van der Waals surface area (Å²) in [6, 6.07) is 5.49. The maximum Gasteiger partial charge on any atom is 0.269 e. The minimum atomic E-state index is -0.487. The highest BCUT2D eigenvalue weighted by Crippen LogP contribution is 2.34. The van der Waals surface area contributed by atoms with E-state index < -0.39 is 5.91 Å². The van der Waals surface area contributed by atoms with Gasteiger partial charge in [-0.2, -0.15) is 0 Å². The van der Waals surface area contributed by atoms with Gasteiger partial charge in [0.25, 0.3) is 5.91 Å². The fraction of sp³-hybridized carbons (Fsp3) is 0.267. The molecule has 0 aliphatic rings. The van der Waals surface area contributed by atoms with Gasteiger partial charge in [-0.05, 0) is 31.5 Å². The average molecular weight is 380 g/mol. The first-order valence-electron chi connectivity index (χ1n) is 7.05. The number of carbonyl (C=O) groups is 1. The van der Waals surface area contributed by atoms with Crippen molar-refractivity contribution < 1.29 is 9.53 Å². The van der Waals surface area contributed by atoms with Crippen molar-refractivity contribution in [2.75, 3.05) is 12.3 Å². The van der Waals surface area contributed by atoms with Gasteiger partial charge in [0, 0.05) is 10.0 Å². The van der Waals surface area contributed by atoms with Gasteiger partial charge in [0.2, 0.25) is 5.95 Å². The van der Waals surface area contributed by atoms with E-state index in [2.05, 4.69) is 31.3 Å². The van der Waals surface area contributed by atoms with E-state index in [1.165, 1.54) is 0 Å². The predicted octanol–water partition coefficient (Wildman–Crippen LogP) is 2.19. The molecule has 2 aromatic rings. The van der Waals surface area contributed by atoms with Crippen LogP contribution in [0.25, 0.3) is 11.3 Å². The van der Waals surface area contributed by atoms with Gasteiger partial charge in [-0.3, -0.25) is 10.2 Å². The number of nitrogen functional groups attached to an aromatic ring is 2. The molecule has 1 amide bonds. The van der Waals surface area contributed by atoms with Crippen molar-refractivity contribution in [1.29, 1.82) is 0 Å². The zero-order chi connectivity index (χ0) is 17.0. The maximum absolute atomic E-state index is 12.1. The Kier molecular flexibility index (Phi) is 5.51. The Labute approximate surface area is 142 Å². The van der Waals surface area contributed by atoms with Crippen molar-refractivity contribution >= 4 is 27.8 Å². The molecular weight excluding hydrogens is 362 g/mol. The van der Waals surface area contributed by atoms with Crippen LogP contribution >= 0.6 is 15.9 Å². The van der Waals surface area contributed by atoms with Gasteiger partial charge in [0.1, 0.15) is 5.75 Å². The Bertz CT molecular complexity index is 736. The molecule has 0 aliphatic heterocycles. The summed E-state index contributed by atoms with van der Waals surface area (Å²) >= 11 is 3.42. The summed E-state index contributed by atoms with van der Waals surface area (Å²) in [5, 5.41) is 0. The smallest absolute Gasteiger partial charge is 0.269 e. The van der Waals surface area contributed by atoms with Gasteiger partial charge in [0.15, 0.2) is 0 Å². The number of hydrogen-bond donors (Lipinski definition) is 3. The van der Waals surface area contributed by atoms with E-state index in [-0.39, 0.29) is 11.5 Å². The highest BCUT2D eigenvalue weighted by Gasteiger charge is 2.21. The van der Waals surface area contributed by atoms with Crippen LogP contribution in [0.5, 0.6) is 5.75 Å². The lowest BCUT2D eigenvalue weighted by molar-refractivity contribution is 0.0953. The third-order valence-electron chi connectivity index (χ3n) is 3.12. The molecule has 2 rings (SSSR count). The predicted molar refractivity (Wildman–Crippen MR) is 91.8 cm³/mol. The van der Waals surface area contributed by atoms with Gasteiger partial charge >= 0.3 is 0 Å². The molecule has 0 unspecified atom stereocenters. The van der Waals surface area contributed by atoms with Crippen molar-refractivity contribution in [3.8, 4) is 17.0 Å². The van der Waals surface area contributed by atoms with Crippen LogP contribution in [-0.4, -0.2) is 22.5 Å². The Balaban J connectivity index is 2.70. The van der Waals surface area contributed by atoms with E-state index >= 15 is 0 Å². The summed E-state index contributed by atoms with van der Waals surface area (Å²) in [5.74, 6) is 5.48. The van der Waals surface area contributed by atoms with Gasteiger partial charge in [-0.25, -0.2) is 15.8 Å². The number of carbonyl (C=O) groups excluding carboxylic acids is 1. The molecule has 8 heteroatoms. The molecule has 0 fully saturated rings. The normalized spacial score (nSPS) is 10.4. The van der Waals surface area contributed by atoms with E-state index in [9.17, 15) is 4.79 Å². The molecule has 1 heterocycles. The van der Waals surface area contributed by atoms with E-state index in [1.54, 1.807) is 6.92 Å². The number of amides is 1. The summed E-state index contributed by atoms with van der Waals surface area (Å²) in [7, 11) is 0. The second-order valence-electron chi connectivity index (χ2n) is 4.85. The van der Waals surface area contributed by atoms with Gasteiger partial charge in [-0.1, -0.05) is 22.9 Å². The van der Waals surface area contributed by atoms with Crippen LogP contribution in [0, 0.1) is 6.92 Å². The van der Waals surface area contributed by atoms with Crippen molar-refractivity contribution in [3.05, 3.63) is 33.9 Å². The number of benzene rings is 1. The van der Waals surface area contributed by atoms with E-state index in [0.29, 0.717) is 29.3 Å². The standard InChI is InChI=1S/C15H18BrN5O2/c1-3-6-23-11-5-4-9(16)7-10(11)13-12(14(22)21-18)8(2)19-15(17)20-13/h4-5,7H,3,6,18H2,1-2H3,(H,21,22)(H2,17,19,20). The molecule has 0 spiro atoms. The molecule has 23 heavy (non-hydrogen) atoms. The Morgan fingerprint density at radius 1 is 1.39 bits per heavy atom. The number of anilines is 1. The molecule has 0 bridgehead atoms. The van der Waals surface area contributed by atoms with Crippen molar-refractivity contribution in [2.45, 2.75) is 20.3 Å². The van der Waals surface area contributed by atoms with Crippen molar-refractivity contribution in [3.63, 3.8) is 0 Å². The number of hydrazine groups is 1. The van der Waals surface area contributed by atoms with Crippen LogP contribution < -0.4 is 21.7 Å². The molecular formula is C15H18BrN5O2. The number of aryl methyl sites for hydroxylation is 1. The van der Waals surface area contributed by atoms with E-state index in [0.717, 1.165) is 10.9 Å². The summed E-state index contributed by atoms with van der Waals surface area (Å²) in [5.41, 5.74) is 9.60. The van der Waals surface area contributed by atoms with Crippen LogP contribution in [0.1, 0.15) is 29.4 Å². The van der Waals surface area contributed by atoms with Crippen molar-refractivity contribution in [1.82, 2.24) is 15.4 Å². The topological polar surface area (TPSA) is 116 Å². The molecule has 7 nitrogen and oxygen atoms in total. The first-order chi connectivity index (χ1) is 11.0. The summed E-state index contributed by atoms with van der Waals surface area (Å²) < 4.78 is 6.58. The Morgan fingerprint density at radius 2 is 2.13 bits per heavy atom. The first kappa shape index (κ1) is 17.2. The third-order valence-corrected chi connectivity index (χ3v) is 3.62. The molecule has 0 aliphatic carbocycles. The molecule has 0 saturated heterocycles. The largest absolute Gasteiger partial charge is 0.493 e. The lowest BCUT2D eigenvalue weighted by atomic mass is 10.0. The summed E-state index contributed by atoms with van der Waals surface area (Å²) in [6.07, 6.45) is 0.858. The number of aromatic nitrogens is 2. The van der Waals surface area contributed by atoms with Gasteiger partial charge in [-0.15, -0.1) is 0 Å². The van der Waals surface area contributed by atoms with Crippen LogP contribution in [0.4, 0.5) is 5.95 Å². The van der Waals surface area contributed by atoms with Crippen LogP contribution in [0.15, 0.2) is 22.7 Å². The maximum atomic E-state index is 12.1. The lowest BCUT2D eigenvalue weighted by Gasteiger charge is -2.15. The number of rotatable bonds is 5. The minimum absolute atomic E-state index is 0.0764. The number of nitrogens with zero attached hydrogens (tertiary/aromatic N) is 2. The average Bonchev–Trinajstić information content (AvgIpc) is 2.52. The first-order valence-corrected chi connectivity index (χ1v) is 7.85. The highest BCUT2D eigenvalue weighted by atomic mass is 79.9. The molecule has 1 aromatic heterocycles. The number of nitrogens with one attached hydrogen (secondary N) is 1. The molecule has 1 aromatic carbocycles. The second-order valence-corrected chi connectivity index (χ2v) is 5.77. The second kappa shape index (κ2) is 7.38. The van der Waals surface area contributed by atoms with Crippen molar-refractivity contribution in [2.24, 2.45) is 5.84 Å². The van der Waals surface area contributed by atoms with Crippen LogP contribution in [0.2, 0.25) is 0 Å². The third kappa shape index (κ3) is 3.77. The van der Waals surface area contributed by atoms with Crippen LogP contribution in [0.3, 0.4) is 0 Å². The molecule has 0 atom stereocenters.